The van der Waals surface area contributed by atoms with Crippen molar-refractivity contribution in [3.05, 3.63) is 204 Å². The average Bonchev–Trinajstić information content (AvgIpc) is 3.38. The summed E-state index contributed by atoms with van der Waals surface area (Å²) < 4.78 is 219. The molecule has 18 nitrogen and oxygen atoms in total. The highest BCUT2D eigenvalue weighted by molar-refractivity contribution is 7.93. The van der Waals surface area contributed by atoms with E-state index in [1.54, 1.807) is 54.4 Å². The van der Waals surface area contributed by atoms with Crippen LogP contribution in [0.1, 0.15) is 22.3 Å². The Hall–Kier alpha value is -6.72. The maximum Gasteiger partial charge on any atom is 0.207 e. The number of aryl methyl sites for hydroxylation is 1. The monoisotopic (exact) mass is 1310 g/mol. The zero-order valence-corrected chi connectivity index (χ0v) is 53.7. The molecule has 0 aliphatic heterocycles. The largest absolute Gasteiger partial charge is 0.327 e. The first-order valence-corrected chi connectivity index (χ1v) is 37.9. The number of benzene rings is 8. The van der Waals surface area contributed by atoms with Gasteiger partial charge in [-0.05, 0) is 170 Å². The molecule has 0 fully saturated rings. The van der Waals surface area contributed by atoms with Gasteiger partial charge in [0.25, 0.3) is 0 Å². The third kappa shape index (κ3) is 13.8. The molecule has 0 amide bonds. The van der Waals surface area contributed by atoms with Crippen molar-refractivity contribution in [3.63, 3.8) is 0 Å². The molecule has 0 aliphatic carbocycles. The molecule has 8 rings (SSSR count). The number of hydrogen-bond acceptors (Lipinski definition) is 16. The maximum absolute atomic E-state index is 14.6. The van der Waals surface area contributed by atoms with Crippen LogP contribution in [0, 0.1) is 6.92 Å². The van der Waals surface area contributed by atoms with E-state index in [0.29, 0.717) is 0 Å². The molecule has 0 saturated carbocycles. The summed E-state index contributed by atoms with van der Waals surface area (Å²) in [5, 5.41) is 0. The molecule has 0 atom stereocenters. The van der Waals surface area contributed by atoms with Crippen LogP contribution in [0.3, 0.4) is 0 Å². The Morgan fingerprint density at radius 2 is 0.518 bits per heavy atom. The lowest BCUT2D eigenvalue weighted by molar-refractivity contribution is -0.884. The second kappa shape index (κ2) is 22.9. The van der Waals surface area contributed by atoms with Crippen LogP contribution in [0.4, 0.5) is 0 Å². The third-order valence-electron chi connectivity index (χ3n) is 13.4. The van der Waals surface area contributed by atoms with E-state index >= 15 is 0 Å². The van der Waals surface area contributed by atoms with E-state index in [9.17, 15) is 67.3 Å². The van der Waals surface area contributed by atoms with Gasteiger partial charge in [0.15, 0.2) is 19.7 Å². The highest BCUT2D eigenvalue weighted by atomic mass is 32.2. The quantitative estimate of drug-likeness (QED) is 0.0659. The summed E-state index contributed by atoms with van der Waals surface area (Å²) in [6.07, 6.45) is 0.974. The van der Waals surface area contributed by atoms with Crippen molar-refractivity contribution in [1.29, 1.82) is 0 Å². The Morgan fingerprint density at radius 3 is 0.824 bits per heavy atom. The van der Waals surface area contributed by atoms with Crippen molar-refractivity contribution >= 4 is 78.7 Å². The number of rotatable bonds is 20. The molecule has 85 heavy (non-hydrogen) atoms. The predicted molar refractivity (Wildman–Crippen MR) is 316 cm³/mol. The standard InChI is InChI=1S/C59H60N2O16S8/c1-42-9-13-47(14-10-42)80(66,67)54-29-31-55(32-30-54)85(76,77)59-36-34-57(38-45(59)40-61(5,6)7)84(74,75)56-33-35-58(44(37-56)39-60(2,3)4)79(64,65)41-43-11-15-48(16-12-43)81(68,69)50-21-23-52(24-22-50)83(72,73)53-27-25-51(26-28-53)82(70,71)49-19-17-46(18-20-49)78(8,62)63/h9-38H,39-41H2,1-8H3/q+2. The average molecular weight is 1310 g/mol. The number of nitrogens with zero attached hydrogens (tertiary/aromatic N) is 2. The SMILES string of the molecule is Cc1ccc(S(=O)(=O)c2ccc(S(=O)(=O)c3ccc(S(=O)(=O)c4ccc(S(=O)(=O)Cc5ccc(S(=O)(=O)c6ccc(S(=O)(=O)c7ccc(S(=O)(=O)c8ccc(S(C)(=O)=O)cc8)cc7)cc6)cc5)c(C[N+](C)(C)C)c4)cc3C[N+](C)(C)C)cc2)cc1. The summed E-state index contributed by atoms with van der Waals surface area (Å²) in [5.41, 5.74) is 1.34. The highest BCUT2D eigenvalue weighted by Crippen LogP contribution is 2.35. The van der Waals surface area contributed by atoms with Crippen LogP contribution in [0.2, 0.25) is 0 Å². The zero-order valence-electron chi connectivity index (χ0n) is 47.1. The van der Waals surface area contributed by atoms with Crippen molar-refractivity contribution in [2.45, 2.75) is 94.3 Å². The molecule has 8 aromatic rings. The molecule has 26 heteroatoms. The van der Waals surface area contributed by atoms with E-state index < -0.39 is 84.5 Å². The Kier molecular flexibility index (Phi) is 17.3. The number of hydrogen-bond donors (Lipinski definition) is 0. The topological polar surface area (TPSA) is 273 Å². The van der Waals surface area contributed by atoms with Gasteiger partial charge in [-0.15, -0.1) is 0 Å². The van der Waals surface area contributed by atoms with Crippen molar-refractivity contribution in [1.82, 2.24) is 0 Å². The molecule has 0 spiro atoms. The van der Waals surface area contributed by atoms with Gasteiger partial charge in [0, 0.05) is 17.4 Å². The lowest BCUT2D eigenvalue weighted by atomic mass is 10.2. The van der Waals surface area contributed by atoms with Crippen LogP contribution in [0.25, 0.3) is 0 Å². The minimum Gasteiger partial charge on any atom is -0.327 e. The van der Waals surface area contributed by atoms with Gasteiger partial charge in [-0.1, -0.05) is 29.8 Å². The first-order valence-electron chi connectivity index (χ1n) is 25.5. The van der Waals surface area contributed by atoms with Gasteiger partial charge in [-0.25, -0.2) is 67.3 Å². The summed E-state index contributed by atoms with van der Waals surface area (Å²) in [6, 6.07) is 36.4. The summed E-state index contributed by atoms with van der Waals surface area (Å²) in [7, 11) is -22.8. The Balaban J connectivity index is 1.01. The van der Waals surface area contributed by atoms with E-state index in [1.165, 1.54) is 84.9 Å². The van der Waals surface area contributed by atoms with Crippen molar-refractivity contribution in [3.8, 4) is 0 Å². The third-order valence-corrected chi connectivity index (χ3v) is 27.1. The van der Waals surface area contributed by atoms with Crippen molar-refractivity contribution in [2.24, 2.45) is 0 Å². The molecule has 0 aliphatic rings. The van der Waals surface area contributed by atoms with Gasteiger partial charge < -0.3 is 8.97 Å². The summed E-state index contributed by atoms with van der Waals surface area (Å²) in [4.78, 5) is -2.95. The van der Waals surface area contributed by atoms with Crippen LogP contribution in [0.5, 0.6) is 0 Å². The van der Waals surface area contributed by atoms with Crippen LogP contribution in [-0.4, -0.2) is 125 Å². The fourth-order valence-corrected chi connectivity index (χ4v) is 19.2. The van der Waals surface area contributed by atoms with Crippen LogP contribution >= 0.6 is 0 Å². The van der Waals surface area contributed by atoms with E-state index in [2.05, 4.69) is 0 Å². The first-order chi connectivity index (χ1) is 39.1. The van der Waals surface area contributed by atoms with Crippen molar-refractivity contribution in [2.75, 3.05) is 48.5 Å². The molecule has 0 heterocycles. The van der Waals surface area contributed by atoms with Crippen LogP contribution in [-0.2, 0) is 97.5 Å². The van der Waals surface area contributed by atoms with Gasteiger partial charge in [0.05, 0.1) is 117 Å². The second-order valence-electron chi connectivity index (χ2n) is 22.3. The molecule has 0 unspecified atom stereocenters. The molecule has 8 aromatic carbocycles. The highest BCUT2D eigenvalue weighted by Gasteiger charge is 2.32. The Labute approximate surface area is 498 Å². The lowest BCUT2D eigenvalue weighted by Crippen LogP contribution is -2.34. The van der Waals surface area contributed by atoms with Crippen LogP contribution in [0.15, 0.2) is 251 Å². The molecule has 0 aromatic heterocycles. The molecular formula is C59H60N2O16S8+2. The minimum atomic E-state index is -4.46. The maximum atomic E-state index is 14.6. The van der Waals surface area contributed by atoms with Gasteiger partial charge in [-0.2, -0.15) is 0 Å². The number of quaternary nitrogens is 2. The Morgan fingerprint density at radius 1 is 0.282 bits per heavy atom. The molecular weight excluding hydrogens is 1250 g/mol. The summed E-state index contributed by atoms with van der Waals surface area (Å²) in [5.74, 6) is -0.628. The van der Waals surface area contributed by atoms with E-state index in [-0.39, 0.29) is 107 Å². The van der Waals surface area contributed by atoms with Crippen molar-refractivity contribution < 1.29 is 76.3 Å². The molecule has 0 radical (unpaired) electrons. The normalized spacial score (nSPS) is 13.4. The predicted octanol–water partition coefficient (Wildman–Crippen LogP) is 7.78. The minimum absolute atomic E-state index is 0.0343. The summed E-state index contributed by atoms with van der Waals surface area (Å²) >= 11 is 0. The van der Waals surface area contributed by atoms with Gasteiger partial charge in [0.1, 0.15) is 13.1 Å². The Bertz CT molecular complexity index is 4870. The lowest BCUT2D eigenvalue weighted by Gasteiger charge is -2.26. The smallest absolute Gasteiger partial charge is 0.207 e. The van der Waals surface area contributed by atoms with Gasteiger partial charge in [0.2, 0.25) is 59.0 Å². The van der Waals surface area contributed by atoms with E-state index in [1.807, 2.05) is 6.92 Å². The molecule has 0 N–H and O–H groups in total. The first kappa shape index (κ1) is 64.3. The van der Waals surface area contributed by atoms with E-state index in [4.69, 9.17) is 0 Å². The summed E-state index contributed by atoms with van der Waals surface area (Å²) in [6.45, 7) is 1.89. The fraction of sp³-hybridized carbons (Fsp3) is 0.186. The van der Waals surface area contributed by atoms with Gasteiger partial charge >= 0.3 is 0 Å². The zero-order chi connectivity index (χ0) is 62.7. The van der Waals surface area contributed by atoms with E-state index in [0.717, 1.165) is 96.7 Å². The molecule has 448 valence electrons. The van der Waals surface area contributed by atoms with Gasteiger partial charge in [-0.3, -0.25) is 0 Å². The van der Waals surface area contributed by atoms with Crippen LogP contribution < -0.4 is 0 Å². The molecule has 0 bridgehead atoms. The second-order valence-corrected chi connectivity index (χ2v) is 38.0. The number of sulfone groups is 8. The molecule has 0 saturated heterocycles. The fourth-order valence-electron chi connectivity index (χ4n) is 9.13.